The molecule has 1 fully saturated rings. The number of piperidine rings is 1. The van der Waals surface area contributed by atoms with Crippen LogP contribution >= 0.6 is 24.0 Å². The van der Waals surface area contributed by atoms with Gasteiger partial charge in [-0.05, 0) is 37.1 Å². The Balaban J connectivity index is 0.00000208. The van der Waals surface area contributed by atoms with E-state index in [1.165, 1.54) is 0 Å². The van der Waals surface area contributed by atoms with Crippen LogP contribution < -0.4 is 5.32 Å². The molecule has 1 saturated heterocycles. The van der Waals surface area contributed by atoms with E-state index in [0.717, 1.165) is 31.5 Å². The van der Waals surface area contributed by atoms with E-state index in [-0.39, 0.29) is 18.3 Å². The zero-order valence-electron chi connectivity index (χ0n) is 13.6. The number of nitrogens with one attached hydrogen (secondary N) is 1. The Morgan fingerprint density at radius 1 is 1.42 bits per heavy atom. The molecule has 1 aromatic heterocycles. The molecule has 2 aromatic rings. The summed E-state index contributed by atoms with van der Waals surface area (Å²) in [5, 5.41) is 8.51. The third-order valence-corrected chi connectivity index (χ3v) is 4.55. The van der Waals surface area contributed by atoms with E-state index >= 15 is 0 Å². The van der Waals surface area contributed by atoms with Crippen molar-refractivity contribution in [1.82, 2.24) is 20.0 Å². The molecule has 0 spiro atoms. The van der Waals surface area contributed by atoms with Crippen LogP contribution in [0.1, 0.15) is 34.9 Å². The number of hydrogen-bond donors (Lipinski definition) is 1. The minimum atomic E-state index is -0.0903. The fraction of sp³-hybridized carbons (Fsp3) is 0.412. The van der Waals surface area contributed by atoms with E-state index in [4.69, 9.17) is 11.6 Å². The summed E-state index contributed by atoms with van der Waals surface area (Å²) in [7, 11) is 1.77. The summed E-state index contributed by atoms with van der Waals surface area (Å²) in [6.07, 6.45) is 4.13. The number of hydrogen-bond acceptors (Lipinski definition) is 3. The number of aromatic nitrogens is 2. The zero-order chi connectivity index (χ0) is 16.2. The predicted octanol–water partition coefficient (Wildman–Crippen LogP) is 3.16. The van der Waals surface area contributed by atoms with E-state index in [1.54, 1.807) is 18.0 Å². The molecule has 0 saturated carbocycles. The normalized spacial score (nSPS) is 17.2. The summed E-state index contributed by atoms with van der Waals surface area (Å²) >= 11 is 6.16. The summed E-state index contributed by atoms with van der Waals surface area (Å²) in [4.78, 5) is 14.2. The molecular formula is C17H22Cl2N4O. The van der Waals surface area contributed by atoms with Gasteiger partial charge in [-0.3, -0.25) is 9.48 Å². The van der Waals surface area contributed by atoms with Gasteiger partial charge in [-0.25, -0.2) is 0 Å². The molecule has 5 nitrogen and oxygen atoms in total. The Morgan fingerprint density at radius 3 is 2.92 bits per heavy atom. The van der Waals surface area contributed by atoms with Crippen LogP contribution in [0.5, 0.6) is 0 Å². The lowest BCUT2D eigenvalue weighted by Crippen LogP contribution is -2.32. The van der Waals surface area contributed by atoms with Crippen molar-refractivity contribution in [2.45, 2.75) is 25.4 Å². The van der Waals surface area contributed by atoms with Gasteiger partial charge < -0.3 is 10.2 Å². The van der Waals surface area contributed by atoms with Gasteiger partial charge in [0.2, 0.25) is 0 Å². The molecule has 1 unspecified atom stereocenters. The van der Waals surface area contributed by atoms with E-state index in [2.05, 4.69) is 10.4 Å². The SMILES string of the molecule is CN(Cc1ccccc1Cl)C(=O)c1ccn(C2CCCNC2)n1.Cl. The maximum atomic E-state index is 12.5. The van der Waals surface area contributed by atoms with E-state index in [0.29, 0.717) is 23.3 Å². The number of nitrogens with zero attached hydrogens (tertiary/aromatic N) is 3. The fourth-order valence-corrected chi connectivity index (χ4v) is 3.06. The largest absolute Gasteiger partial charge is 0.336 e. The molecule has 1 atom stereocenters. The van der Waals surface area contributed by atoms with E-state index < -0.39 is 0 Å². The topological polar surface area (TPSA) is 50.2 Å². The first kappa shape index (κ1) is 18.8. The van der Waals surface area contributed by atoms with Crippen LogP contribution in [-0.4, -0.2) is 40.7 Å². The van der Waals surface area contributed by atoms with Crippen LogP contribution in [0, 0.1) is 0 Å². The van der Waals surface area contributed by atoms with E-state index in [1.807, 2.05) is 35.1 Å². The highest BCUT2D eigenvalue weighted by molar-refractivity contribution is 6.31. The molecule has 130 valence electrons. The average molecular weight is 369 g/mol. The standard InChI is InChI=1S/C17H21ClN4O.ClH/c1-21(12-13-5-2-3-7-15(13)18)17(23)16-8-10-22(20-16)14-6-4-9-19-11-14;/h2-3,5,7-8,10,14,19H,4,6,9,11-12H2,1H3;1H. The highest BCUT2D eigenvalue weighted by Crippen LogP contribution is 2.18. The monoisotopic (exact) mass is 368 g/mol. The average Bonchev–Trinajstić information content (AvgIpc) is 3.07. The third kappa shape index (κ3) is 4.29. The molecule has 1 aliphatic heterocycles. The molecular weight excluding hydrogens is 347 g/mol. The van der Waals surface area contributed by atoms with Crippen molar-refractivity contribution in [3.8, 4) is 0 Å². The van der Waals surface area contributed by atoms with Crippen LogP contribution in [0.15, 0.2) is 36.5 Å². The number of halogens is 2. The fourth-order valence-electron chi connectivity index (χ4n) is 2.86. The van der Waals surface area contributed by atoms with Gasteiger partial charge in [0.05, 0.1) is 6.04 Å². The first-order valence-electron chi connectivity index (χ1n) is 7.90. The molecule has 0 radical (unpaired) electrons. The van der Waals surface area contributed by atoms with Crippen molar-refractivity contribution in [2.24, 2.45) is 0 Å². The summed E-state index contributed by atoms with van der Waals surface area (Å²) in [5.74, 6) is -0.0903. The van der Waals surface area contributed by atoms with Crippen molar-refractivity contribution in [2.75, 3.05) is 20.1 Å². The van der Waals surface area contributed by atoms with Crippen LogP contribution in [0.4, 0.5) is 0 Å². The Morgan fingerprint density at radius 2 is 2.21 bits per heavy atom. The van der Waals surface area contributed by atoms with Crippen LogP contribution in [0.2, 0.25) is 5.02 Å². The lowest BCUT2D eigenvalue weighted by atomic mass is 10.1. The number of amides is 1. The van der Waals surface area contributed by atoms with Gasteiger partial charge in [0, 0.05) is 31.4 Å². The highest BCUT2D eigenvalue weighted by Gasteiger charge is 2.20. The van der Waals surface area contributed by atoms with Gasteiger partial charge in [0.1, 0.15) is 5.69 Å². The Bertz CT molecular complexity index is 683. The number of rotatable bonds is 4. The van der Waals surface area contributed by atoms with Crippen molar-refractivity contribution in [1.29, 1.82) is 0 Å². The molecule has 7 heteroatoms. The van der Waals surface area contributed by atoms with Crippen LogP contribution in [0.3, 0.4) is 0 Å². The first-order valence-corrected chi connectivity index (χ1v) is 8.27. The highest BCUT2D eigenvalue weighted by atomic mass is 35.5. The molecule has 1 aromatic carbocycles. The van der Waals surface area contributed by atoms with Crippen LogP contribution in [-0.2, 0) is 6.54 Å². The summed E-state index contributed by atoms with van der Waals surface area (Å²) in [6, 6.07) is 9.69. The van der Waals surface area contributed by atoms with Gasteiger partial charge in [-0.15, -0.1) is 12.4 Å². The molecule has 1 N–H and O–H groups in total. The molecule has 0 aliphatic carbocycles. The van der Waals surface area contributed by atoms with Crippen molar-refractivity contribution in [3.05, 3.63) is 52.8 Å². The minimum Gasteiger partial charge on any atom is -0.336 e. The number of carbonyl (C=O) groups excluding carboxylic acids is 1. The Labute approximate surface area is 153 Å². The van der Waals surface area contributed by atoms with Gasteiger partial charge in [-0.2, -0.15) is 5.10 Å². The maximum Gasteiger partial charge on any atom is 0.274 e. The second-order valence-corrected chi connectivity index (χ2v) is 6.34. The molecule has 3 rings (SSSR count). The van der Waals surface area contributed by atoms with Gasteiger partial charge in [0.15, 0.2) is 0 Å². The Hall–Kier alpha value is -1.56. The second kappa shape index (κ2) is 8.51. The molecule has 1 amide bonds. The van der Waals surface area contributed by atoms with Crippen molar-refractivity contribution in [3.63, 3.8) is 0 Å². The Kier molecular flexibility index (Phi) is 6.66. The zero-order valence-corrected chi connectivity index (χ0v) is 15.2. The second-order valence-electron chi connectivity index (χ2n) is 5.93. The quantitative estimate of drug-likeness (QED) is 0.901. The molecule has 0 bridgehead atoms. The molecule has 24 heavy (non-hydrogen) atoms. The lowest BCUT2D eigenvalue weighted by molar-refractivity contribution is 0.0778. The minimum absolute atomic E-state index is 0. The van der Waals surface area contributed by atoms with Crippen molar-refractivity contribution >= 4 is 29.9 Å². The van der Waals surface area contributed by atoms with Gasteiger partial charge >= 0.3 is 0 Å². The predicted molar refractivity (Wildman–Crippen MR) is 97.9 cm³/mol. The molecule has 1 aliphatic rings. The number of carbonyl (C=O) groups is 1. The summed E-state index contributed by atoms with van der Waals surface area (Å²) in [6.45, 7) is 2.44. The first-order chi connectivity index (χ1) is 11.1. The smallest absolute Gasteiger partial charge is 0.274 e. The van der Waals surface area contributed by atoms with Gasteiger partial charge in [0.25, 0.3) is 5.91 Å². The summed E-state index contributed by atoms with van der Waals surface area (Å²) in [5.41, 5.74) is 1.41. The molecule has 2 heterocycles. The lowest BCUT2D eigenvalue weighted by Gasteiger charge is -2.23. The van der Waals surface area contributed by atoms with Crippen molar-refractivity contribution < 1.29 is 4.79 Å². The number of benzene rings is 1. The summed E-state index contributed by atoms with van der Waals surface area (Å²) < 4.78 is 1.91. The third-order valence-electron chi connectivity index (χ3n) is 4.18. The van der Waals surface area contributed by atoms with Gasteiger partial charge in [-0.1, -0.05) is 29.8 Å². The maximum absolute atomic E-state index is 12.5. The van der Waals surface area contributed by atoms with E-state index in [9.17, 15) is 4.79 Å². The van der Waals surface area contributed by atoms with Crippen LogP contribution in [0.25, 0.3) is 0 Å².